The second kappa shape index (κ2) is 11.8. The summed E-state index contributed by atoms with van der Waals surface area (Å²) in [5, 5.41) is 5.17. The van der Waals surface area contributed by atoms with E-state index in [4.69, 9.17) is 4.74 Å². The lowest BCUT2D eigenvalue weighted by Crippen LogP contribution is -2.19. The Balaban J connectivity index is 1.42. The van der Waals surface area contributed by atoms with Crippen molar-refractivity contribution in [2.24, 2.45) is 5.10 Å². The van der Waals surface area contributed by atoms with E-state index in [-0.39, 0.29) is 5.91 Å². The van der Waals surface area contributed by atoms with Crippen molar-refractivity contribution in [3.8, 4) is 16.9 Å². The second-order valence-corrected chi connectivity index (χ2v) is 10.5. The molecule has 0 saturated carbocycles. The molecule has 1 amide bonds. The van der Waals surface area contributed by atoms with Gasteiger partial charge in [-0.05, 0) is 60.0 Å². The molecule has 0 spiro atoms. The van der Waals surface area contributed by atoms with Crippen LogP contribution in [0, 0.1) is 0 Å². The molecule has 0 radical (unpaired) electrons. The minimum atomic E-state index is -0.499. The van der Waals surface area contributed by atoms with Gasteiger partial charge in [0.1, 0.15) is 11.4 Å². The van der Waals surface area contributed by atoms with Gasteiger partial charge in [0.2, 0.25) is 0 Å². The average Bonchev–Trinajstić information content (AvgIpc) is 3.35. The van der Waals surface area contributed by atoms with Crippen molar-refractivity contribution in [1.82, 2.24) is 10.4 Å². The lowest BCUT2D eigenvalue weighted by molar-refractivity contribution is 0.0734. The number of nitrogens with zero attached hydrogens (tertiary/aromatic N) is 1. The van der Waals surface area contributed by atoms with E-state index in [1.54, 1.807) is 42.5 Å². The van der Waals surface area contributed by atoms with Crippen LogP contribution in [-0.4, -0.2) is 23.1 Å². The highest BCUT2D eigenvalue weighted by Gasteiger charge is 2.20. The first-order chi connectivity index (χ1) is 18.9. The van der Waals surface area contributed by atoms with Crippen molar-refractivity contribution >= 4 is 60.9 Å². The van der Waals surface area contributed by atoms with Crippen molar-refractivity contribution in [3.63, 3.8) is 0 Å². The maximum absolute atomic E-state index is 13.4. The van der Waals surface area contributed by atoms with Crippen molar-refractivity contribution in [2.75, 3.05) is 0 Å². The predicted octanol–water partition coefficient (Wildman–Crippen LogP) is 7.91. The Labute approximate surface area is 242 Å². The van der Waals surface area contributed by atoms with Crippen LogP contribution in [0.2, 0.25) is 0 Å². The molecule has 6 nitrogen and oxygen atoms in total. The Morgan fingerprint density at radius 2 is 1.67 bits per heavy atom. The molecule has 1 aromatic heterocycles. The zero-order chi connectivity index (χ0) is 27.4. The Bertz CT molecular complexity index is 1690. The highest BCUT2D eigenvalue weighted by molar-refractivity contribution is 9.10. The van der Waals surface area contributed by atoms with Gasteiger partial charge in [-0.3, -0.25) is 4.79 Å². The number of esters is 1. The molecule has 0 aliphatic heterocycles. The van der Waals surface area contributed by atoms with Crippen LogP contribution in [-0.2, 0) is 6.42 Å². The minimum Gasteiger partial charge on any atom is -0.422 e. The molecule has 8 heteroatoms. The van der Waals surface area contributed by atoms with Crippen LogP contribution in [0.5, 0.6) is 5.75 Å². The Hall–Kier alpha value is -4.01. The SMILES string of the molecule is CCc1cccc2c(-c3ccccc3)c(C(=O)NN=Cc3cc(Br)ccc3OC(=O)c3ccc(Br)cc3)[nH]c12. The van der Waals surface area contributed by atoms with E-state index in [1.165, 1.54) is 6.21 Å². The fourth-order valence-electron chi connectivity index (χ4n) is 4.32. The van der Waals surface area contributed by atoms with Crippen LogP contribution < -0.4 is 10.2 Å². The highest BCUT2D eigenvalue weighted by Crippen LogP contribution is 2.34. The molecule has 2 N–H and O–H groups in total. The summed E-state index contributed by atoms with van der Waals surface area (Å²) >= 11 is 6.80. The van der Waals surface area contributed by atoms with Gasteiger partial charge in [-0.25, -0.2) is 10.2 Å². The molecule has 194 valence electrons. The summed E-state index contributed by atoms with van der Waals surface area (Å²) in [6.45, 7) is 2.08. The third-order valence-electron chi connectivity index (χ3n) is 6.21. The van der Waals surface area contributed by atoms with E-state index in [1.807, 2.05) is 42.5 Å². The lowest BCUT2D eigenvalue weighted by Gasteiger charge is -2.08. The van der Waals surface area contributed by atoms with E-state index in [0.717, 1.165) is 43.0 Å². The van der Waals surface area contributed by atoms with Crippen LogP contribution in [0.15, 0.2) is 105 Å². The molecule has 0 fully saturated rings. The molecule has 0 aliphatic carbocycles. The van der Waals surface area contributed by atoms with Crippen molar-refractivity contribution in [2.45, 2.75) is 13.3 Å². The number of hydrazone groups is 1. The van der Waals surface area contributed by atoms with Crippen LogP contribution >= 0.6 is 31.9 Å². The molecule has 0 bridgehead atoms. The second-order valence-electron chi connectivity index (χ2n) is 8.71. The van der Waals surface area contributed by atoms with Gasteiger partial charge < -0.3 is 9.72 Å². The number of carbonyl (C=O) groups excluding carboxylic acids is 2. The van der Waals surface area contributed by atoms with E-state index in [2.05, 4.69) is 60.4 Å². The van der Waals surface area contributed by atoms with Crippen LogP contribution in [0.4, 0.5) is 0 Å². The first kappa shape index (κ1) is 26.6. The standard InChI is InChI=1S/C31H23Br2N3O3/c1-2-19-9-6-10-25-27(20-7-4-3-5-8-20)29(35-28(19)25)30(37)36-34-18-22-17-24(33)15-16-26(22)39-31(38)21-11-13-23(32)14-12-21/h3-18,35H,2H2,1H3,(H,36,37). The molecule has 0 unspecified atom stereocenters. The van der Waals surface area contributed by atoms with Crippen LogP contribution in [0.1, 0.15) is 38.9 Å². The third kappa shape index (κ3) is 5.87. The predicted molar refractivity (Wildman–Crippen MR) is 161 cm³/mol. The molecule has 0 atom stereocenters. The zero-order valence-corrected chi connectivity index (χ0v) is 24.0. The van der Waals surface area contributed by atoms with Crippen LogP contribution in [0.25, 0.3) is 22.0 Å². The number of aromatic nitrogens is 1. The Morgan fingerprint density at radius 1 is 0.923 bits per heavy atom. The molecule has 5 aromatic rings. The minimum absolute atomic E-state index is 0.312. The zero-order valence-electron chi connectivity index (χ0n) is 20.9. The van der Waals surface area contributed by atoms with Gasteiger partial charge >= 0.3 is 5.97 Å². The number of ether oxygens (including phenoxy) is 1. The number of fused-ring (bicyclic) bond motifs is 1. The number of hydrogen-bond donors (Lipinski definition) is 2. The number of amides is 1. The molecule has 1 heterocycles. The summed E-state index contributed by atoms with van der Waals surface area (Å²) < 4.78 is 7.26. The van der Waals surface area contributed by atoms with E-state index < -0.39 is 5.97 Å². The summed E-state index contributed by atoms with van der Waals surface area (Å²) in [6.07, 6.45) is 2.28. The first-order valence-corrected chi connectivity index (χ1v) is 13.8. The summed E-state index contributed by atoms with van der Waals surface area (Å²) in [4.78, 5) is 29.4. The summed E-state index contributed by atoms with van der Waals surface area (Å²) in [5.74, 6) is -0.570. The van der Waals surface area contributed by atoms with E-state index in [0.29, 0.717) is 22.6 Å². The average molecular weight is 645 g/mol. The summed E-state index contributed by atoms with van der Waals surface area (Å²) in [5.41, 5.74) is 7.79. The largest absolute Gasteiger partial charge is 0.422 e. The molecular formula is C31H23Br2N3O3. The Morgan fingerprint density at radius 3 is 2.41 bits per heavy atom. The summed E-state index contributed by atoms with van der Waals surface area (Å²) in [7, 11) is 0. The number of nitrogens with one attached hydrogen (secondary N) is 2. The first-order valence-electron chi connectivity index (χ1n) is 12.2. The molecule has 0 saturated heterocycles. The van der Waals surface area contributed by atoms with Gasteiger partial charge in [0.15, 0.2) is 0 Å². The number of rotatable bonds is 7. The number of para-hydroxylation sites is 1. The fourth-order valence-corrected chi connectivity index (χ4v) is 4.97. The maximum Gasteiger partial charge on any atom is 0.343 e. The number of carbonyl (C=O) groups is 2. The topological polar surface area (TPSA) is 83.5 Å². The number of hydrogen-bond acceptors (Lipinski definition) is 4. The maximum atomic E-state index is 13.4. The smallest absolute Gasteiger partial charge is 0.343 e. The van der Waals surface area contributed by atoms with Crippen molar-refractivity contribution in [3.05, 3.63) is 122 Å². The molecule has 5 rings (SSSR count). The highest BCUT2D eigenvalue weighted by atomic mass is 79.9. The molecule has 4 aromatic carbocycles. The number of aryl methyl sites for hydroxylation is 1. The number of halogens is 2. The van der Waals surface area contributed by atoms with Gasteiger partial charge in [0.05, 0.1) is 11.8 Å². The van der Waals surface area contributed by atoms with Gasteiger partial charge in [0.25, 0.3) is 5.91 Å². The number of H-pyrrole nitrogens is 1. The quantitative estimate of drug-likeness (QED) is 0.0817. The Kier molecular flexibility index (Phi) is 8.05. The van der Waals surface area contributed by atoms with Gasteiger partial charge in [-0.1, -0.05) is 87.3 Å². The molecule has 0 aliphatic rings. The number of aromatic amines is 1. The van der Waals surface area contributed by atoms with Crippen molar-refractivity contribution in [1.29, 1.82) is 0 Å². The monoisotopic (exact) mass is 643 g/mol. The van der Waals surface area contributed by atoms with E-state index in [9.17, 15) is 9.59 Å². The number of benzene rings is 4. The normalized spacial score (nSPS) is 11.2. The van der Waals surface area contributed by atoms with Crippen LogP contribution in [0.3, 0.4) is 0 Å². The summed E-state index contributed by atoms with van der Waals surface area (Å²) in [6, 6.07) is 28.0. The molecule has 39 heavy (non-hydrogen) atoms. The van der Waals surface area contributed by atoms with Gasteiger partial charge in [-0.15, -0.1) is 0 Å². The van der Waals surface area contributed by atoms with Gasteiger partial charge in [0, 0.05) is 31.0 Å². The van der Waals surface area contributed by atoms with E-state index >= 15 is 0 Å². The molecular weight excluding hydrogens is 622 g/mol. The lowest BCUT2D eigenvalue weighted by atomic mass is 10.00. The van der Waals surface area contributed by atoms with Crippen molar-refractivity contribution < 1.29 is 14.3 Å². The fraction of sp³-hybridized carbons (Fsp3) is 0.0645. The third-order valence-corrected chi connectivity index (χ3v) is 7.24. The van der Waals surface area contributed by atoms with Gasteiger partial charge in [-0.2, -0.15) is 5.10 Å².